The minimum absolute atomic E-state index is 0.280. The highest BCUT2D eigenvalue weighted by atomic mass is 19.1. The highest BCUT2D eigenvalue weighted by Gasteiger charge is 2.06. The second-order valence-corrected chi connectivity index (χ2v) is 4.53. The number of hydrogen-bond acceptors (Lipinski definition) is 4. The Bertz CT molecular complexity index is 680. The Kier molecular flexibility index (Phi) is 4.62. The number of rotatable bonds is 5. The molecule has 4 nitrogen and oxygen atoms in total. The largest absolute Gasteiger partial charge is 0.491 e. The first-order valence-corrected chi connectivity index (χ1v) is 6.63. The molecule has 108 valence electrons. The van der Waals surface area contributed by atoms with Gasteiger partial charge >= 0.3 is 0 Å². The van der Waals surface area contributed by atoms with Gasteiger partial charge in [-0.15, -0.1) is 0 Å². The Labute approximate surface area is 123 Å². The van der Waals surface area contributed by atoms with E-state index in [9.17, 15) is 4.39 Å². The third-order valence-corrected chi connectivity index (χ3v) is 2.85. The number of nitrogen functional groups attached to an aromatic ring is 1. The molecule has 0 unspecified atom stereocenters. The van der Waals surface area contributed by atoms with Crippen LogP contribution in [-0.2, 0) is 0 Å². The van der Waals surface area contributed by atoms with Gasteiger partial charge in [0.2, 0.25) is 0 Å². The molecule has 0 heterocycles. The van der Waals surface area contributed by atoms with Gasteiger partial charge in [0.05, 0.1) is 29.6 Å². The van der Waals surface area contributed by atoms with Crippen molar-refractivity contribution in [2.45, 2.75) is 13.3 Å². The van der Waals surface area contributed by atoms with Crippen LogP contribution in [0.2, 0.25) is 0 Å². The molecule has 21 heavy (non-hydrogen) atoms. The first-order chi connectivity index (χ1) is 10.1. The summed E-state index contributed by atoms with van der Waals surface area (Å²) in [7, 11) is 0. The van der Waals surface area contributed by atoms with Crippen molar-refractivity contribution in [3.63, 3.8) is 0 Å². The van der Waals surface area contributed by atoms with Crippen molar-refractivity contribution in [3.05, 3.63) is 47.8 Å². The van der Waals surface area contributed by atoms with E-state index in [4.69, 9.17) is 15.7 Å². The number of halogens is 1. The zero-order chi connectivity index (χ0) is 15.2. The molecule has 0 aliphatic heterocycles. The van der Waals surface area contributed by atoms with Gasteiger partial charge in [0.15, 0.2) is 0 Å². The van der Waals surface area contributed by atoms with Crippen LogP contribution in [0.4, 0.5) is 21.5 Å². The molecule has 0 saturated heterocycles. The van der Waals surface area contributed by atoms with Crippen molar-refractivity contribution in [3.8, 4) is 11.8 Å². The van der Waals surface area contributed by atoms with E-state index in [2.05, 4.69) is 5.32 Å². The molecule has 0 bridgehead atoms. The second kappa shape index (κ2) is 6.62. The minimum atomic E-state index is -0.484. The lowest BCUT2D eigenvalue weighted by Crippen LogP contribution is -2.00. The quantitative estimate of drug-likeness (QED) is 0.819. The van der Waals surface area contributed by atoms with Crippen molar-refractivity contribution in [2.75, 3.05) is 17.7 Å². The smallest absolute Gasteiger partial charge is 0.147 e. The maximum atomic E-state index is 13.8. The summed E-state index contributed by atoms with van der Waals surface area (Å²) in [6.07, 6.45) is 0.876. The van der Waals surface area contributed by atoms with Crippen LogP contribution in [0.3, 0.4) is 0 Å². The molecule has 0 radical (unpaired) electrons. The van der Waals surface area contributed by atoms with Crippen LogP contribution in [0.25, 0.3) is 0 Å². The number of nitrogens with zero attached hydrogens (tertiary/aromatic N) is 1. The standard InChI is InChI=1S/C16H16FN3O/c1-2-7-21-16-9-12(4-5-14(16)19)20-15-6-3-11(10-18)8-13(15)17/h3-6,8-9,20H,2,7,19H2,1H3. The summed E-state index contributed by atoms with van der Waals surface area (Å²) in [5.74, 6) is 0.0813. The Morgan fingerprint density at radius 3 is 2.76 bits per heavy atom. The van der Waals surface area contributed by atoms with E-state index in [1.807, 2.05) is 13.0 Å². The van der Waals surface area contributed by atoms with E-state index in [0.717, 1.165) is 6.42 Å². The van der Waals surface area contributed by atoms with Gasteiger partial charge in [-0.2, -0.15) is 5.26 Å². The second-order valence-electron chi connectivity index (χ2n) is 4.53. The highest BCUT2D eigenvalue weighted by Crippen LogP contribution is 2.28. The molecule has 0 spiro atoms. The van der Waals surface area contributed by atoms with Gasteiger partial charge in [-0.1, -0.05) is 6.92 Å². The molecule has 0 amide bonds. The van der Waals surface area contributed by atoms with Gasteiger partial charge < -0.3 is 15.8 Å². The van der Waals surface area contributed by atoms with Gasteiger partial charge in [0.1, 0.15) is 11.6 Å². The molecule has 0 aromatic heterocycles. The normalized spacial score (nSPS) is 9.95. The van der Waals surface area contributed by atoms with Gasteiger partial charge in [0, 0.05) is 11.8 Å². The monoisotopic (exact) mass is 285 g/mol. The number of benzene rings is 2. The highest BCUT2D eigenvalue weighted by molar-refractivity contribution is 5.67. The van der Waals surface area contributed by atoms with Crippen LogP contribution in [0.5, 0.6) is 5.75 Å². The summed E-state index contributed by atoms with van der Waals surface area (Å²) in [5, 5.41) is 11.7. The van der Waals surface area contributed by atoms with E-state index in [0.29, 0.717) is 29.4 Å². The molecule has 0 aliphatic rings. The fourth-order valence-corrected chi connectivity index (χ4v) is 1.79. The molecular weight excluding hydrogens is 269 g/mol. The van der Waals surface area contributed by atoms with Crippen molar-refractivity contribution in [1.82, 2.24) is 0 Å². The first-order valence-electron chi connectivity index (χ1n) is 6.63. The summed E-state index contributed by atoms with van der Waals surface area (Å²) >= 11 is 0. The summed E-state index contributed by atoms with van der Waals surface area (Å²) in [6, 6.07) is 11.3. The molecule has 3 N–H and O–H groups in total. The molecule has 2 aromatic rings. The zero-order valence-corrected chi connectivity index (χ0v) is 11.7. The fourth-order valence-electron chi connectivity index (χ4n) is 1.79. The lowest BCUT2D eigenvalue weighted by Gasteiger charge is -2.12. The number of nitriles is 1. The number of nitrogens with two attached hydrogens (primary N) is 1. The van der Waals surface area contributed by atoms with Crippen LogP contribution in [0, 0.1) is 17.1 Å². The number of nitrogens with one attached hydrogen (secondary N) is 1. The third kappa shape index (κ3) is 3.63. The predicted octanol–water partition coefficient (Wildman–Crippen LogP) is 3.81. The maximum absolute atomic E-state index is 13.8. The molecule has 0 fully saturated rings. The number of ether oxygens (including phenoxy) is 1. The molecule has 0 atom stereocenters. The molecule has 0 saturated carbocycles. The maximum Gasteiger partial charge on any atom is 0.147 e. The van der Waals surface area contributed by atoms with E-state index >= 15 is 0 Å². The first kappa shape index (κ1) is 14.7. The summed E-state index contributed by atoms with van der Waals surface area (Å²) in [5.41, 5.74) is 7.60. The lowest BCUT2D eigenvalue weighted by molar-refractivity contribution is 0.319. The summed E-state index contributed by atoms with van der Waals surface area (Å²) in [4.78, 5) is 0. The van der Waals surface area contributed by atoms with E-state index in [1.54, 1.807) is 24.3 Å². The SMILES string of the molecule is CCCOc1cc(Nc2ccc(C#N)cc2F)ccc1N. The average Bonchev–Trinajstić information content (AvgIpc) is 2.49. The van der Waals surface area contributed by atoms with Gasteiger partial charge in [-0.25, -0.2) is 4.39 Å². The molecule has 5 heteroatoms. The summed E-state index contributed by atoms with van der Waals surface area (Å²) in [6.45, 7) is 2.57. The van der Waals surface area contributed by atoms with E-state index in [1.165, 1.54) is 12.1 Å². The average molecular weight is 285 g/mol. The van der Waals surface area contributed by atoms with Crippen molar-refractivity contribution < 1.29 is 9.13 Å². The number of hydrogen-bond donors (Lipinski definition) is 2. The van der Waals surface area contributed by atoms with Crippen molar-refractivity contribution in [2.24, 2.45) is 0 Å². The number of anilines is 3. The predicted molar refractivity (Wildman–Crippen MR) is 81.0 cm³/mol. The Hall–Kier alpha value is -2.74. The third-order valence-electron chi connectivity index (χ3n) is 2.85. The lowest BCUT2D eigenvalue weighted by atomic mass is 10.2. The Balaban J connectivity index is 2.21. The van der Waals surface area contributed by atoms with Crippen molar-refractivity contribution in [1.29, 1.82) is 5.26 Å². The topological polar surface area (TPSA) is 71.1 Å². The molecule has 0 aliphatic carbocycles. The van der Waals surface area contributed by atoms with Gasteiger partial charge in [-0.05, 0) is 36.8 Å². The molecular formula is C16H16FN3O. The van der Waals surface area contributed by atoms with Gasteiger partial charge in [0.25, 0.3) is 0 Å². The summed E-state index contributed by atoms with van der Waals surface area (Å²) < 4.78 is 19.4. The van der Waals surface area contributed by atoms with Crippen LogP contribution in [-0.4, -0.2) is 6.61 Å². The van der Waals surface area contributed by atoms with E-state index in [-0.39, 0.29) is 5.56 Å². The fraction of sp³-hybridized carbons (Fsp3) is 0.188. The van der Waals surface area contributed by atoms with Crippen LogP contribution in [0.15, 0.2) is 36.4 Å². The Morgan fingerprint density at radius 2 is 2.10 bits per heavy atom. The van der Waals surface area contributed by atoms with Crippen LogP contribution >= 0.6 is 0 Å². The van der Waals surface area contributed by atoms with Crippen LogP contribution < -0.4 is 15.8 Å². The molecule has 2 rings (SSSR count). The van der Waals surface area contributed by atoms with Gasteiger partial charge in [-0.3, -0.25) is 0 Å². The van der Waals surface area contributed by atoms with Crippen LogP contribution in [0.1, 0.15) is 18.9 Å². The van der Waals surface area contributed by atoms with E-state index < -0.39 is 5.82 Å². The minimum Gasteiger partial charge on any atom is -0.491 e. The van der Waals surface area contributed by atoms with Crippen molar-refractivity contribution >= 4 is 17.1 Å². The zero-order valence-electron chi connectivity index (χ0n) is 11.7. The molecule has 2 aromatic carbocycles. The Morgan fingerprint density at radius 1 is 1.29 bits per heavy atom.